The van der Waals surface area contributed by atoms with Crippen LogP contribution in [0, 0.1) is 13.8 Å². The van der Waals surface area contributed by atoms with Crippen molar-refractivity contribution in [3.8, 4) is 11.5 Å². The van der Waals surface area contributed by atoms with Crippen LogP contribution in [0.15, 0.2) is 29.2 Å². The molecule has 3 nitrogen and oxygen atoms in total. The summed E-state index contributed by atoms with van der Waals surface area (Å²) in [6, 6.07) is 8.61. The maximum Gasteiger partial charge on any atom is 0.142 e. The summed E-state index contributed by atoms with van der Waals surface area (Å²) >= 11 is 1.79. The predicted octanol–water partition coefficient (Wildman–Crippen LogP) is 7.83. The van der Waals surface area contributed by atoms with Crippen LogP contribution in [0.3, 0.4) is 0 Å². The van der Waals surface area contributed by atoms with Crippen LogP contribution in [0.4, 0.5) is 5.69 Å². The largest absolute Gasteiger partial charge is 0.506 e. The van der Waals surface area contributed by atoms with E-state index in [-0.39, 0.29) is 16.9 Å². The van der Waals surface area contributed by atoms with Gasteiger partial charge in [0, 0.05) is 22.4 Å². The third-order valence-electron chi connectivity index (χ3n) is 6.41. The van der Waals surface area contributed by atoms with Crippen LogP contribution in [0.25, 0.3) is 0 Å². The molecular weight excluding hydrogens is 414 g/mol. The molecule has 0 unspecified atom stereocenters. The Morgan fingerprint density at radius 3 is 1.91 bits per heavy atom. The average Bonchev–Trinajstić information content (AvgIpc) is 2.66. The number of phenols is 2. The van der Waals surface area contributed by atoms with Crippen LogP contribution < -0.4 is 5.32 Å². The number of aryl methyl sites for hydroxylation is 2. The monoisotopic (exact) mass is 455 g/mol. The van der Waals surface area contributed by atoms with Crippen molar-refractivity contribution in [1.82, 2.24) is 0 Å². The second-order valence-electron chi connectivity index (χ2n) is 11.6. The first-order valence-electron chi connectivity index (χ1n) is 11.9. The molecule has 0 heterocycles. The van der Waals surface area contributed by atoms with Gasteiger partial charge in [0.1, 0.15) is 11.5 Å². The summed E-state index contributed by atoms with van der Waals surface area (Å²) in [6.45, 7) is 17.0. The fraction of sp³-hybridized carbons (Fsp3) is 0.571. The van der Waals surface area contributed by atoms with Crippen LogP contribution >= 0.6 is 11.8 Å². The number of anilines is 1. The van der Waals surface area contributed by atoms with E-state index in [9.17, 15) is 10.2 Å². The van der Waals surface area contributed by atoms with E-state index >= 15 is 0 Å². The van der Waals surface area contributed by atoms with E-state index in [0.717, 1.165) is 40.1 Å². The van der Waals surface area contributed by atoms with Crippen molar-refractivity contribution in [1.29, 1.82) is 0 Å². The lowest BCUT2D eigenvalue weighted by Gasteiger charge is -2.34. The summed E-state index contributed by atoms with van der Waals surface area (Å²) in [6.07, 6.45) is 4.54. The van der Waals surface area contributed by atoms with Gasteiger partial charge in [-0.15, -0.1) is 11.8 Å². The first-order chi connectivity index (χ1) is 14.8. The molecule has 2 aromatic carbocycles. The normalized spacial score (nSPS) is 19.8. The minimum Gasteiger partial charge on any atom is -0.506 e. The summed E-state index contributed by atoms with van der Waals surface area (Å²) in [7, 11) is 0. The number of phenolic OH excluding ortho intramolecular Hbond substituents is 2. The SMILES string of the molecule is Cc1cc(N[C@H]2CCCC[C@@H]2Sc2cc(C)cc(C(C)(C)C)c2O)c(O)c(C(C)(C)C)c1. The molecule has 4 heteroatoms. The van der Waals surface area contributed by atoms with E-state index in [0.29, 0.717) is 16.7 Å². The van der Waals surface area contributed by atoms with Crippen molar-refractivity contribution in [2.24, 2.45) is 0 Å². The van der Waals surface area contributed by atoms with E-state index in [1.54, 1.807) is 11.8 Å². The van der Waals surface area contributed by atoms with Gasteiger partial charge < -0.3 is 15.5 Å². The molecular formula is C28H41NO2S. The Morgan fingerprint density at radius 2 is 1.31 bits per heavy atom. The summed E-state index contributed by atoms with van der Waals surface area (Å²) in [5.41, 5.74) is 4.92. The minimum atomic E-state index is -0.121. The summed E-state index contributed by atoms with van der Waals surface area (Å²) in [5.74, 6) is 0.789. The quantitative estimate of drug-likeness (QED) is 0.411. The number of nitrogens with one attached hydrogen (secondary N) is 1. The van der Waals surface area contributed by atoms with Gasteiger partial charge in [-0.25, -0.2) is 0 Å². The van der Waals surface area contributed by atoms with E-state index in [1.807, 2.05) is 0 Å². The Kier molecular flexibility index (Phi) is 7.14. The van der Waals surface area contributed by atoms with Gasteiger partial charge >= 0.3 is 0 Å². The Bertz CT molecular complexity index is 889. The molecule has 32 heavy (non-hydrogen) atoms. The third kappa shape index (κ3) is 5.57. The van der Waals surface area contributed by atoms with E-state index < -0.39 is 0 Å². The minimum absolute atomic E-state index is 0.105. The molecule has 2 atom stereocenters. The van der Waals surface area contributed by atoms with Crippen LogP contribution in [-0.4, -0.2) is 21.5 Å². The molecule has 0 saturated heterocycles. The molecule has 1 aliphatic rings. The van der Waals surface area contributed by atoms with Crippen LogP contribution in [0.5, 0.6) is 11.5 Å². The number of hydrogen-bond donors (Lipinski definition) is 3. The number of rotatable bonds is 4. The van der Waals surface area contributed by atoms with Crippen molar-refractivity contribution in [3.05, 3.63) is 46.5 Å². The molecule has 0 aliphatic heterocycles. The van der Waals surface area contributed by atoms with Crippen molar-refractivity contribution in [3.63, 3.8) is 0 Å². The van der Waals surface area contributed by atoms with Gasteiger partial charge in [-0.2, -0.15) is 0 Å². The highest BCUT2D eigenvalue weighted by molar-refractivity contribution is 8.00. The van der Waals surface area contributed by atoms with Gasteiger partial charge in [0.05, 0.1) is 10.6 Å². The first-order valence-corrected chi connectivity index (χ1v) is 12.8. The second kappa shape index (κ2) is 9.21. The molecule has 1 aliphatic carbocycles. The molecule has 2 aromatic rings. The second-order valence-corrected chi connectivity index (χ2v) is 12.8. The number of hydrogen-bond acceptors (Lipinski definition) is 4. The number of benzene rings is 2. The predicted molar refractivity (Wildman–Crippen MR) is 139 cm³/mol. The fourth-order valence-electron chi connectivity index (χ4n) is 4.63. The molecule has 0 bridgehead atoms. The zero-order chi connectivity index (χ0) is 23.8. The zero-order valence-electron chi connectivity index (χ0n) is 21.1. The molecule has 0 radical (unpaired) electrons. The Morgan fingerprint density at radius 1 is 0.781 bits per heavy atom. The van der Waals surface area contributed by atoms with Gasteiger partial charge in [-0.3, -0.25) is 0 Å². The number of thioether (sulfide) groups is 1. The van der Waals surface area contributed by atoms with Crippen LogP contribution in [-0.2, 0) is 10.8 Å². The maximum absolute atomic E-state index is 11.1. The van der Waals surface area contributed by atoms with Gasteiger partial charge in [0.15, 0.2) is 0 Å². The molecule has 3 rings (SSSR count). The van der Waals surface area contributed by atoms with Crippen LogP contribution in [0.1, 0.15) is 89.5 Å². The average molecular weight is 456 g/mol. The Balaban J connectivity index is 1.91. The highest BCUT2D eigenvalue weighted by Crippen LogP contribution is 2.45. The molecule has 0 amide bonds. The lowest BCUT2D eigenvalue weighted by Crippen LogP contribution is -2.34. The highest BCUT2D eigenvalue weighted by atomic mass is 32.2. The Labute approximate surface area is 199 Å². The summed E-state index contributed by atoms with van der Waals surface area (Å²) in [5, 5.41) is 26.2. The topological polar surface area (TPSA) is 52.5 Å². The standard InChI is InChI=1S/C28H41NO2S/c1-17-13-19(27(3,4)5)25(30)22(15-17)29-21-11-9-10-12-23(21)32-24-16-18(2)14-20(26(24)31)28(6,7)8/h13-16,21,23,29-31H,9-12H2,1-8H3/t21-,23-/m0/s1. The third-order valence-corrected chi connectivity index (χ3v) is 7.84. The molecule has 1 fully saturated rings. The molecule has 176 valence electrons. The summed E-state index contributed by atoms with van der Waals surface area (Å²) < 4.78 is 0. The van der Waals surface area contributed by atoms with Gasteiger partial charge in [-0.05, 0) is 60.8 Å². The molecule has 0 spiro atoms. The fourth-order valence-corrected chi connectivity index (χ4v) is 6.09. The van der Waals surface area contributed by atoms with Crippen molar-refractivity contribution in [2.45, 2.75) is 108 Å². The van der Waals surface area contributed by atoms with Crippen molar-refractivity contribution in [2.75, 3.05) is 5.32 Å². The number of aromatic hydroxyl groups is 2. The maximum atomic E-state index is 11.1. The molecule has 3 N–H and O–H groups in total. The molecule has 0 aromatic heterocycles. The van der Waals surface area contributed by atoms with Crippen LogP contribution in [0.2, 0.25) is 0 Å². The van der Waals surface area contributed by atoms with Gasteiger partial charge in [-0.1, -0.05) is 66.5 Å². The van der Waals surface area contributed by atoms with Gasteiger partial charge in [0.2, 0.25) is 0 Å². The highest BCUT2D eigenvalue weighted by Gasteiger charge is 2.30. The van der Waals surface area contributed by atoms with E-state index in [2.05, 4.69) is 85.0 Å². The van der Waals surface area contributed by atoms with Crippen molar-refractivity contribution < 1.29 is 10.2 Å². The molecule has 1 saturated carbocycles. The lowest BCUT2D eigenvalue weighted by atomic mass is 9.84. The summed E-state index contributed by atoms with van der Waals surface area (Å²) in [4.78, 5) is 0.970. The van der Waals surface area contributed by atoms with E-state index in [4.69, 9.17) is 0 Å². The smallest absolute Gasteiger partial charge is 0.142 e. The van der Waals surface area contributed by atoms with Gasteiger partial charge in [0.25, 0.3) is 0 Å². The van der Waals surface area contributed by atoms with Crippen molar-refractivity contribution >= 4 is 17.4 Å². The Hall–Kier alpha value is -1.81. The van der Waals surface area contributed by atoms with E-state index in [1.165, 1.54) is 18.4 Å². The zero-order valence-corrected chi connectivity index (χ0v) is 21.9. The lowest BCUT2D eigenvalue weighted by molar-refractivity contribution is 0.432. The first kappa shape index (κ1) is 24.8.